The maximum atomic E-state index is 11.9. The molecule has 0 bridgehead atoms. The van der Waals surface area contributed by atoms with Gasteiger partial charge in [0, 0.05) is 20.9 Å². The lowest BCUT2D eigenvalue weighted by atomic mass is 9.61. The number of thiol groups is 2. The summed E-state index contributed by atoms with van der Waals surface area (Å²) in [5.41, 5.74) is 9.20. The van der Waals surface area contributed by atoms with Gasteiger partial charge in [-0.25, -0.2) is 0 Å². The minimum Gasteiger partial charge on any atom is -0.508 e. The van der Waals surface area contributed by atoms with E-state index in [-0.39, 0.29) is 17.2 Å². The van der Waals surface area contributed by atoms with Crippen molar-refractivity contribution in [1.82, 2.24) is 0 Å². The van der Waals surface area contributed by atoms with E-state index < -0.39 is 5.41 Å². The van der Waals surface area contributed by atoms with Crippen molar-refractivity contribution in [3.05, 3.63) is 81.4 Å². The average molecular weight is 508 g/mol. The molecule has 0 saturated carbocycles. The Labute approximate surface area is 225 Å². The minimum atomic E-state index is -1.10. The molecule has 0 fully saturated rings. The number of phenols is 3. The van der Waals surface area contributed by atoms with Crippen molar-refractivity contribution in [3.8, 4) is 28.4 Å². The molecule has 8 heteroatoms. The topological polar surface area (TPSA) is 60.7 Å². The van der Waals surface area contributed by atoms with Crippen molar-refractivity contribution in [2.45, 2.75) is 36.0 Å². The highest BCUT2D eigenvalue weighted by Gasteiger charge is 2.51. The number of phenolic OH excluding ortho intramolecular Hbond substituents is 3. The van der Waals surface area contributed by atoms with Gasteiger partial charge in [-0.2, -0.15) is 0 Å². The first-order valence-corrected chi connectivity index (χ1v) is 12.8. The van der Waals surface area contributed by atoms with E-state index >= 15 is 0 Å². The number of hydrogen-bond donors (Lipinski definition) is 5. The Bertz CT molecular complexity index is 1490. The zero-order valence-electron chi connectivity index (χ0n) is 21.3. The number of benzene rings is 4. The number of aryl methyl sites for hydroxylation is 1. The molecule has 0 spiro atoms. The second kappa shape index (κ2) is 8.36. The molecule has 1 aliphatic carbocycles. The van der Waals surface area contributed by atoms with E-state index in [4.69, 9.17) is 12.6 Å². The van der Waals surface area contributed by atoms with Crippen molar-refractivity contribution in [2.24, 2.45) is 0 Å². The third-order valence-electron chi connectivity index (χ3n) is 8.17. The van der Waals surface area contributed by atoms with Crippen LogP contribution in [0.15, 0.2) is 52.3 Å². The second-order valence-electron chi connectivity index (χ2n) is 9.96. The quantitative estimate of drug-likeness (QED) is 0.143. The molecule has 4 aromatic carbocycles. The van der Waals surface area contributed by atoms with Gasteiger partial charge in [-0.3, -0.25) is 0 Å². The summed E-state index contributed by atoms with van der Waals surface area (Å²) in [5.74, 6) is -0.332. The maximum Gasteiger partial charge on any atom is 0.170 e. The Morgan fingerprint density at radius 3 is 1.94 bits per heavy atom. The van der Waals surface area contributed by atoms with Crippen LogP contribution in [0.4, 0.5) is 0 Å². The molecule has 1 atom stereocenters. The molecule has 0 saturated heterocycles. The van der Waals surface area contributed by atoms with Gasteiger partial charge in [0.25, 0.3) is 0 Å². The first kappa shape index (κ1) is 24.9. The summed E-state index contributed by atoms with van der Waals surface area (Å²) in [6.07, 6.45) is 0. The molecule has 1 unspecified atom stereocenters. The van der Waals surface area contributed by atoms with Crippen LogP contribution in [0.3, 0.4) is 0 Å². The van der Waals surface area contributed by atoms with Crippen LogP contribution >= 0.6 is 25.3 Å². The van der Waals surface area contributed by atoms with Crippen LogP contribution < -0.4 is 16.4 Å². The molecule has 36 heavy (non-hydrogen) atoms. The first-order chi connectivity index (χ1) is 17.0. The zero-order chi connectivity index (χ0) is 26.3. The predicted molar refractivity (Wildman–Crippen MR) is 162 cm³/mol. The van der Waals surface area contributed by atoms with E-state index in [1.807, 2.05) is 49.5 Å². The van der Waals surface area contributed by atoms with Gasteiger partial charge in [0.2, 0.25) is 0 Å². The summed E-state index contributed by atoms with van der Waals surface area (Å²) in [7, 11) is 5.74. The fourth-order valence-electron chi connectivity index (χ4n) is 6.05. The van der Waals surface area contributed by atoms with Crippen molar-refractivity contribution < 1.29 is 15.3 Å². The maximum absolute atomic E-state index is 11.9. The highest BCUT2D eigenvalue weighted by atomic mass is 32.1. The molecule has 3 nitrogen and oxygen atoms in total. The van der Waals surface area contributed by atoms with Crippen LogP contribution in [0.5, 0.6) is 17.2 Å². The van der Waals surface area contributed by atoms with Gasteiger partial charge in [-0.05, 0) is 54.2 Å². The van der Waals surface area contributed by atoms with Crippen LogP contribution in [0.25, 0.3) is 11.1 Å². The lowest BCUT2D eigenvalue weighted by molar-refractivity contribution is 0.386. The second-order valence-corrected chi connectivity index (χ2v) is 10.9. The van der Waals surface area contributed by atoms with Crippen molar-refractivity contribution >= 4 is 65.2 Å². The molecule has 3 N–H and O–H groups in total. The van der Waals surface area contributed by atoms with Crippen molar-refractivity contribution in [1.29, 1.82) is 0 Å². The molecule has 0 aliphatic heterocycles. The Kier molecular flexibility index (Phi) is 5.77. The molecular weight excluding hydrogens is 481 g/mol. The van der Waals surface area contributed by atoms with Gasteiger partial charge in [-0.1, -0.05) is 64.4 Å². The Balaban J connectivity index is 2.15. The summed E-state index contributed by atoms with van der Waals surface area (Å²) >= 11 is 9.37. The molecular formula is C28H27B3O3S2. The average Bonchev–Trinajstić information content (AvgIpc) is 3.14. The standard InChI is InChI=1S/C28H27B3O3S2/c1-11-8-9-17-15(10-11)14-6-4-5-7-16(14)28(17,18-12(2)20(29)27(36)25(34)24(18)33)19-13(3)26(35)22(31)21(30)23(19)32/h4-10,32-36H,29-31H2,1-3H3. The summed E-state index contributed by atoms with van der Waals surface area (Å²) < 4.78 is 0. The molecule has 0 radical (unpaired) electrons. The summed E-state index contributed by atoms with van der Waals surface area (Å²) in [6, 6.07) is 14.4. The van der Waals surface area contributed by atoms with E-state index in [9.17, 15) is 15.3 Å². The molecule has 0 heterocycles. The zero-order valence-corrected chi connectivity index (χ0v) is 23.1. The minimum absolute atomic E-state index is 0.164. The number of fused-ring (bicyclic) bond motifs is 3. The number of rotatable bonds is 2. The smallest absolute Gasteiger partial charge is 0.170 e. The summed E-state index contributed by atoms with van der Waals surface area (Å²) in [4.78, 5) is 1.14. The molecule has 0 aromatic heterocycles. The summed E-state index contributed by atoms with van der Waals surface area (Å²) in [5, 5.41) is 34.6. The van der Waals surface area contributed by atoms with Gasteiger partial charge in [0.15, 0.2) is 11.5 Å². The molecule has 0 amide bonds. The molecule has 178 valence electrons. The van der Waals surface area contributed by atoms with Crippen LogP contribution in [0.2, 0.25) is 0 Å². The van der Waals surface area contributed by atoms with E-state index in [1.54, 1.807) is 0 Å². The van der Waals surface area contributed by atoms with Gasteiger partial charge in [0.1, 0.15) is 29.3 Å². The van der Waals surface area contributed by atoms with Gasteiger partial charge >= 0.3 is 0 Å². The largest absolute Gasteiger partial charge is 0.508 e. The molecule has 4 aromatic rings. The SMILES string of the molecule is Bc1c(B)c(S)c(C)c(C2(c3c(C)c(B)c(S)c(O)c3O)c3ccccc3-c3cc(C)ccc32)c1O. The third-order valence-corrected chi connectivity index (χ3v) is 9.39. The van der Waals surface area contributed by atoms with Crippen molar-refractivity contribution in [3.63, 3.8) is 0 Å². The van der Waals surface area contributed by atoms with E-state index in [1.165, 1.54) is 0 Å². The Hall–Kier alpha value is -2.83. The van der Waals surface area contributed by atoms with E-state index in [0.717, 1.165) is 60.2 Å². The number of aromatic hydroxyl groups is 3. The van der Waals surface area contributed by atoms with Gasteiger partial charge in [-0.15, -0.1) is 25.3 Å². The van der Waals surface area contributed by atoms with Crippen LogP contribution in [-0.4, -0.2) is 38.9 Å². The predicted octanol–water partition coefficient (Wildman–Crippen LogP) is 1.44. The highest BCUT2D eigenvalue weighted by molar-refractivity contribution is 7.80. The number of hydrogen-bond acceptors (Lipinski definition) is 5. The fourth-order valence-corrected chi connectivity index (χ4v) is 6.60. The van der Waals surface area contributed by atoms with Crippen molar-refractivity contribution in [2.75, 3.05) is 0 Å². The first-order valence-electron chi connectivity index (χ1n) is 11.9. The molecule has 5 rings (SSSR count). The van der Waals surface area contributed by atoms with Crippen LogP contribution in [0, 0.1) is 20.8 Å². The van der Waals surface area contributed by atoms with Crippen LogP contribution in [0.1, 0.15) is 38.9 Å². The lowest BCUT2D eigenvalue weighted by Crippen LogP contribution is -2.37. The summed E-state index contributed by atoms with van der Waals surface area (Å²) in [6.45, 7) is 5.96. The monoisotopic (exact) mass is 508 g/mol. The van der Waals surface area contributed by atoms with Crippen LogP contribution in [-0.2, 0) is 5.41 Å². The van der Waals surface area contributed by atoms with Gasteiger partial charge in [0.05, 0.1) is 5.41 Å². The normalized spacial score (nSPS) is 16.1. The Morgan fingerprint density at radius 2 is 1.25 bits per heavy atom. The fraction of sp³-hybridized carbons (Fsp3) is 0.143. The van der Waals surface area contributed by atoms with E-state index in [2.05, 4.69) is 49.9 Å². The Morgan fingerprint density at radius 1 is 0.639 bits per heavy atom. The van der Waals surface area contributed by atoms with Gasteiger partial charge < -0.3 is 15.3 Å². The highest BCUT2D eigenvalue weighted by Crippen LogP contribution is 2.61. The lowest BCUT2D eigenvalue weighted by Gasteiger charge is -2.39. The van der Waals surface area contributed by atoms with E-state index in [0.29, 0.717) is 16.0 Å². The molecule has 1 aliphatic rings. The third kappa shape index (κ3) is 3.01.